The molecule has 1 aliphatic rings. The Kier molecular flexibility index (Phi) is 4.81. The minimum atomic E-state index is 0.0421. The van der Waals surface area contributed by atoms with Gasteiger partial charge in [-0.2, -0.15) is 0 Å². The second-order valence-electron chi connectivity index (χ2n) is 5.90. The number of carbonyl (C=O) groups is 1. The summed E-state index contributed by atoms with van der Waals surface area (Å²) in [7, 11) is 0. The SMILES string of the molecule is NC1CC(Cc2csc(Cl)c2)CN(C(=O)c2ccccc2)C1. The highest BCUT2D eigenvalue weighted by Gasteiger charge is 2.28. The molecule has 1 amide bonds. The van der Waals surface area contributed by atoms with Crippen molar-refractivity contribution in [3.8, 4) is 0 Å². The quantitative estimate of drug-likeness (QED) is 0.934. The van der Waals surface area contributed by atoms with E-state index in [9.17, 15) is 4.79 Å². The second kappa shape index (κ2) is 6.82. The van der Waals surface area contributed by atoms with Gasteiger partial charge in [-0.05, 0) is 47.9 Å². The number of rotatable bonds is 3. The van der Waals surface area contributed by atoms with Gasteiger partial charge in [-0.3, -0.25) is 4.79 Å². The molecule has 0 spiro atoms. The topological polar surface area (TPSA) is 46.3 Å². The Morgan fingerprint density at radius 2 is 2.09 bits per heavy atom. The van der Waals surface area contributed by atoms with E-state index in [1.54, 1.807) is 11.3 Å². The van der Waals surface area contributed by atoms with E-state index >= 15 is 0 Å². The van der Waals surface area contributed by atoms with E-state index in [-0.39, 0.29) is 11.9 Å². The van der Waals surface area contributed by atoms with E-state index in [4.69, 9.17) is 17.3 Å². The third kappa shape index (κ3) is 3.69. The Morgan fingerprint density at radius 1 is 1.32 bits per heavy atom. The van der Waals surface area contributed by atoms with Gasteiger partial charge in [0.15, 0.2) is 0 Å². The predicted octanol–water partition coefficient (Wildman–Crippen LogP) is 3.43. The standard InChI is InChI=1S/C17H19ClN2OS/c18-16-8-13(11-22-16)6-12-7-15(19)10-20(9-12)17(21)14-4-2-1-3-5-14/h1-5,8,11-12,15H,6-7,9-10,19H2. The van der Waals surface area contributed by atoms with Gasteiger partial charge in [-0.1, -0.05) is 29.8 Å². The molecule has 22 heavy (non-hydrogen) atoms. The van der Waals surface area contributed by atoms with E-state index in [2.05, 4.69) is 5.38 Å². The highest BCUT2D eigenvalue weighted by Crippen LogP contribution is 2.26. The highest BCUT2D eigenvalue weighted by atomic mass is 35.5. The zero-order valence-corrected chi connectivity index (χ0v) is 13.8. The number of amides is 1. The van der Waals surface area contributed by atoms with Gasteiger partial charge in [-0.25, -0.2) is 0 Å². The van der Waals surface area contributed by atoms with Gasteiger partial charge in [-0.15, -0.1) is 11.3 Å². The summed E-state index contributed by atoms with van der Waals surface area (Å²) >= 11 is 7.55. The van der Waals surface area contributed by atoms with Crippen LogP contribution >= 0.6 is 22.9 Å². The molecule has 1 saturated heterocycles. The van der Waals surface area contributed by atoms with Crippen LogP contribution in [-0.2, 0) is 6.42 Å². The van der Waals surface area contributed by atoms with Crippen molar-refractivity contribution in [2.75, 3.05) is 13.1 Å². The van der Waals surface area contributed by atoms with E-state index in [0.29, 0.717) is 12.5 Å². The molecule has 0 saturated carbocycles. The van der Waals surface area contributed by atoms with Crippen LogP contribution in [0.4, 0.5) is 0 Å². The number of carbonyl (C=O) groups excluding carboxylic acids is 1. The predicted molar refractivity (Wildman–Crippen MR) is 91.5 cm³/mol. The Bertz CT molecular complexity index is 643. The normalized spacial score (nSPS) is 21.8. The Labute approximate surface area is 139 Å². The molecule has 1 fully saturated rings. The first kappa shape index (κ1) is 15.5. The van der Waals surface area contributed by atoms with Crippen LogP contribution in [0.1, 0.15) is 22.3 Å². The summed E-state index contributed by atoms with van der Waals surface area (Å²) in [4.78, 5) is 14.5. The van der Waals surface area contributed by atoms with Gasteiger partial charge in [0.1, 0.15) is 0 Å². The molecule has 0 aliphatic carbocycles. The van der Waals surface area contributed by atoms with Crippen LogP contribution in [0.15, 0.2) is 41.8 Å². The lowest BCUT2D eigenvalue weighted by Gasteiger charge is -2.36. The monoisotopic (exact) mass is 334 g/mol. The molecule has 5 heteroatoms. The fourth-order valence-electron chi connectivity index (χ4n) is 3.11. The lowest BCUT2D eigenvalue weighted by molar-refractivity contribution is 0.0649. The van der Waals surface area contributed by atoms with Crippen molar-refractivity contribution in [3.63, 3.8) is 0 Å². The molecule has 1 aromatic carbocycles. The second-order valence-corrected chi connectivity index (χ2v) is 7.44. The van der Waals surface area contributed by atoms with Crippen molar-refractivity contribution in [3.05, 3.63) is 57.2 Å². The minimum absolute atomic E-state index is 0.0421. The van der Waals surface area contributed by atoms with Gasteiger partial charge in [0, 0.05) is 24.7 Å². The third-order valence-corrected chi connectivity index (χ3v) is 5.16. The van der Waals surface area contributed by atoms with Crippen LogP contribution < -0.4 is 5.73 Å². The number of piperidine rings is 1. The van der Waals surface area contributed by atoms with Gasteiger partial charge in [0.25, 0.3) is 5.91 Å². The number of nitrogens with two attached hydrogens (primary N) is 1. The average Bonchev–Trinajstić information content (AvgIpc) is 2.92. The maximum absolute atomic E-state index is 12.6. The molecule has 2 unspecified atom stereocenters. The number of likely N-dealkylation sites (tertiary alicyclic amines) is 1. The van der Waals surface area contributed by atoms with Crippen LogP contribution in [0, 0.1) is 5.92 Å². The molecule has 2 aromatic rings. The summed E-state index contributed by atoms with van der Waals surface area (Å²) in [5.74, 6) is 0.464. The number of halogens is 1. The molecule has 2 N–H and O–H groups in total. The molecule has 2 atom stereocenters. The van der Waals surface area contributed by atoms with E-state index in [1.165, 1.54) is 5.56 Å². The van der Waals surface area contributed by atoms with Gasteiger partial charge in [0.2, 0.25) is 0 Å². The number of benzene rings is 1. The number of hydrogen-bond donors (Lipinski definition) is 1. The first-order valence-electron chi connectivity index (χ1n) is 7.44. The average molecular weight is 335 g/mol. The number of thiophene rings is 1. The lowest BCUT2D eigenvalue weighted by Crippen LogP contribution is -2.49. The largest absolute Gasteiger partial charge is 0.337 e. The molecule has 2 heterocycles. The molecule has 3 nitrogen and oxygen atoms in total. The van der Waals surface area contributed by atoms with Crippen molar-refractivity contribution in [1.29, 1.82) is 0 Å². The van der Waals surface area contributed by atoms with Crippen LogP contribution in [0.3, 0.4) is 0 Å². The third-order valence-electron chi connectivity index (χ3n) is 4.02. The van der Waals surface area contributed by atoms with Gasteiger partial charge < -0.3 is 10.6 Å². The van der Waals surface area contributed by atoms with Gasteiger partial charge in [0.05, 0.1) is 4.34 Å². The number of hydrogen-bond acceptors (Lipinski definition) is 3. The lowest BCUT2D eigenvalue weighted by atomic mass is 9.89. The zero-order valence-electron chi connectivity index (χ0n) is 12.2. The molecule has 1 aromatic heterocycles. The smallest absolute Gasteiger partial charge is 0.253 e. The maximum Gasteiger partial charge on any atom is 0.253 e. The first-order valence-corrected chi connectivity index (χ1v) is 8.70. The van der Waals surface area contributed by atoms with Crippen molar-refractivity contribution >= 4 is 28.8 Å². The van der Waals surface area contributed by atoms with Crippen LogP contribution in [0.5, 0.6) is 0 Å². The molecule has 1 aliphatic heterocycles. The summed E-state index contributed by atoms with van der Waals surface area (Å²) in [5, 5.41) is 2.09. The van der Waals surface area contributed by atoms with Crippen molar-refractivity contribution < 1.29 is 4.79 Å². The molecule has 0 radical (unpaired) electrons. The Balaban J connectivity index is 1.69. The van der Waals surface area contributed by atoms with Crippen LogP contribution in [0.2, 0.25) is 4.34 Å². The van der Waals surface area contributed by atoms with E-state index in [1.807, 2.05) is 41.3 Å². The first-order chi connectivity index (χ1) is 10.6. The van der Waals surface area contributed by atoms with Crippen LogP contribution in [0.25, 0.3) is 0 Å². The summed E-state index contributed by atoms with van der Waals surface area (Å²) in [6.45, 7) is 1.39. The molecule has 116 valence electrons. The zero-order chi connectivity index (χ0) is 15.5. The summed E-state index contributed by atoms with van der Waals surface area (Å²) in [5.41, 5.74) is 8.14. The maximum atomic E-state index is 12.6. The summed E-state index contributed by atoms with van der Waals surface area (Å²) in [6.07, 6.45) is 1.88. The van der Waals surface area contributed by atoms with Crippen LogP contribution in [-0.4, -0.2) is 29.9 Å². The van der Waals surface area contributed by atoms with Crippen molar-refractivity contribution in [1.82, 2.24) is 4.90 Å². The Morgan fingerprint density at radius 3 is 2.77 bits per heavy atom. The Hall–Kier alpha value is -1.36. The van der Waals surface area contributed by atoms with Gasteiger partial charge >= 0.3 is 0 Å². The van der Waals surface area contributed by atoms with Crippen molar-refractivity contribution in [2.45, 2.75) is 18.9 Å². The van der Waals surface area contributed by atoms with Crippen molar-refractivity contribution in [2.24, 2.45) is 11.7 Å². The van der Waals surface area contributed by atoms with E-state index in [0.717, 1.165) is 29.3 Å². The molecule has 3 rings (SSSR count). The van der Waals surface area contributed by atoms with E-state index < -0.39 is 0 Å². The minimum Gasteiger partial charge on any atom is -0.337 e. The fourth-order valence-corrected chi connectivity index (χ4v) is 4.03. The molecule has 0 bridgehead atoms. The molecular formula is C17H19ClN2OS. The molecular weight excluding hydrogens is 316 g/mol. The number of nitrogens with zero attached hydrogens (tertiary/aromatic N) is 1. The summed E-state index contributed by atoms with van der Waals surface area (Å²) in [6, 6.07) is 11.5. The highest BCUT2D eigenvalue weighted by molar-refractivity contribution is 7.14. The fraction of sp³-hybridized carbons (Fsp3) is 0.353. The summed E-state index contributed by atoms with van der Waals surface area (Å²) < 4.78 is 0.812.